The van der Waals surface area contributed by atoms with Crippen molar-refractivity contribution < 1.29 is 4.74 Å². The zero-order chi connectivity index (χ0) is 25.2. The molecule has 0 spiro atoms. The number of halogens is 1. The number of methoxy groups -OCH3 is 1. The molecule has 37 heavy (non-hydrogen) atoms. The van der Waals surface area contributed by atoms with Crippen LogP contribution >= 0.6 is 11.6 Å². The van der Waals surface area contributed by atoms with Gasteiger partial charge < -0.3 is 9.64 Å². The van der Waals surface area contributed by atoms with Crippen LogP contribution in [0.15, 0.2) is 91.5 Å². The summed E-state index contributed by atoms with van der Waals surface area (Å²) in [7, 11) is 1.67. The van der Waals surface area contributed by atoms with E-state index in [2.05, 4.69) is 62.2 Å². The standard InChI is InChI=1S/C29H27ClN6O/c1-37-25-13-11-24(12-14-25)36-20-33-26-28(31-19-32-29(26)36)35-17-15-34(16-18-35)27(21-5-3-2-4-6-21)22-7-9-23(30)10-8-22/h2-14,19-20,27H,15-18H2,1H3. The summed E-state index contributed by atoms with van der Waals surface area (Å²) in [6.07, 6.45) is 3.44. The Morgan fingerprint density at radius 1 is 0.784 bits per heavy atom. The average Bonchev–Trinajstić information content (AvgIpc) is 3.40. The summed E-state index contributed by atoms with van der Waals surface area (Å²) >= 11 is 6.19. The zero-order valence-corrected chi connectivity index (χ0v) is 21.3. The number of fused-ring (bicyclic) bond motifs is 1. The van der Waals surface area contributed by atoms with Crippen LogP contribution in [-0.4, -0.2) is 57.7 Å². The second-order valence-corrected chi connectivity index (χ2v) is 9.51. The second kappa shape index (κ2) is 10.2. The van der Waals surface area contributed by atoms with Crippen LogP contribution < -0.4 is 9.64 Å². The lowest BCUT2D eigenvalue weighted by atomic mass is 9.96. The highest BCUT2D eigenvalue weighted by Gasteiger charge is 2.28. The molecule has 0 amide bonds. The van der Waals surface area contributed by atoms with E-state index < -0.39 is 0 Å². The van der Waals surface area contributed by atoms with Crippen molar-refractivity contribution in [2.24, 2.45) is 0 Å². The number of aromatic nitrogens is 4. The Morgan fingerprint density at radius 3 is 2.19 bits per heavy atom. The van der Waals surface area contributed by atoms with Crippen LogP contribution in [-0.2, 0) is 0 Å². The molecule has 1 saturated heterocycles. The predicted octanol–water partition coefficient (Wildman–Crippen LogP) is 5.39. The highest BCUT2D eigenvalue weighted by molar-refractivity contribution is 6.30. The Morgan fingerprint density at radius 2 is 1.49 bits per heavy atom. The van der Waals surface area contributed by atoms with E-state index in [1.165, 1.54) is 11.1 Å². The summed E-state index contributed by atoms with van der Waals surface area (Å²) in [5.74, 6) is 1.69. The van der Waals surface area contributed by atoms with Gasteiger partial charge >= 0.3 is 0 Å². The number of hydrogen-bond donors (Lipinski definition) is 0. The van der Waals surface area contributed by atoms with Crippen LogP contribution in [0.25, 0.3) is 16.9 Å². The molecule has 0 aliphatic carbocycles. The molecule has 2 aromatic heterocycles. The third kappa shape index (κ3) is 4.63. The highest BCUT2D eigenvalue weighted by atomic mass is 35.5. The number of hydrogen-bond acceptors (Lipinski definition) is 6. The molecular weight excluding hydrogens is 484 g/mol. The Hall–Kier alpha value is -3.94. The van der Waals surface area contributed by atoms with Crippen LogP contribution in [0.5, 0.6) is 5.75 Å². The fourth-order valence-electron chi connectivity index (χ4n) is 5.07. The van der Waals surface area contributed by atoms with Gasteiger partial charge in [-0.3, -0.25) is 9.47 Å². The van der Waals surface area contributed by atoms with Gasteiger partial charge in [-0.25, -0.2) is 15.0 Å². The third-order valence-corrected chi connectivity index (χ3v) is 7.20. The maximum atomic E-state index is 6.19. The normalized spacial score (nSPS) is 15.1. The SMILES string of the molecule is COc1ccc(-n2cnc3c(N4CCN(C(c5ccccc5)c5ccc(Cl)cc5)CC4)ncnc32)cc1. The first-order chi connectivity index (χ1) is 18.2. The summed E-state index contributed by atoms with van der Waals surface area (Å²) in [6.45, 7) is 3.48. The summed E-state index contributed by atoms with van der Waals surface area (Å²) in [6, 6.07) is 26.9. The lowest BCUT2D eigenvalue weighted by Gasteiger charge is -2.40. The summed E-state index contributed by atoms with van der Waals surface area (Å²) in [4.78, 5) is 18.8. The van der Waals surface area contributed by atoms with Crippen LogP contribution in [0.2, 0.25) is 5.02 Å². The Kier molecular flexibility index (Phi) is 6.47. The van der Waals surface area contributed by atoms with E-state index in [4.69, 9.17) is 21.3 Å². The van der Waals surface area contributed by atoms with Gasteiger partial charge in [0.15, 0.2) is 17.0 Å². The molecule has 5 aromatic rings. The highest BCUT2D eigenvalue weighted by Crippen LogP contribution is 2.32. The lowest BCUT2D eigenvalue weighted by Crippen LogP contribution is -2.48. The fraction of sp³-hybridized carbons (Fsp3) is 0.207. The second-order valence-electron chi connectivity index (χ2n) is 9.07. The molecule has 1 aliphatic heterocycles. The molecule has 1 atom stereocenters. The van der Waals surface area contributed by atoms with Crippen molar-refractivity contribution in [3.05, 3.63) is 108 Å². The van der Waals surface area contributed by atoms with Gasteiger partial charge in [-0.15, -0.1) is 0 Å². The van der Waals surface area contributed by atoms with E-state index in [0.717, 1.165) is 59.6 Å². The molecule has 186 valence electrons. The van der Waals surface area contributed by atoms with Crippen molar-refractivity contribution >= 4 is 28.6 Å². The molecule has 0 bridgehead atoms. The van der Waals surface area contributed by atoms with E-state index in [-0.39, 0.29) is 6.04 Å². The molecule has 0 N–H and O–H groups in total. The number of anilines is 1. The Balaban J connectivity index is 1.25. The van der Waals surface area contributed by atoms with Gasteiger partial charge in [0.25, 0.3) is 0 Å². The molecule has 6 rings (SSSR count). The molecule has 7 nitrogen and oxygen atoms in total. The van der Waals surface area contributed by atoms with Gasteiger partial charge in [-0.2, -0.15) is 0 Å². The minimum absolute atomic E-state index is 0.167. The van der Waals surface area contributed by atoms with Gasteiger partial charge in [0.05, 0.1) is 13.2 Å². The summed E-state index contributed by atoms with van der Waals surface area (Å²) < 4.78 is 7.28. The zero-order valence-electron chi connectivity index (χ0n) is 20.5. The van der Waals surface area contributed by atoms with Crippen LogP contribution in [0, 0.1) is 0 Å². The number of benzene rings is 3. The third-order valence-electron chi connectivity index (χ3n) is 6.94. The molecule has 0 saturated carbocycles. The summed E-state index contributed by atoms with van der Waals surface area (Å²) in [5.41, 5.74) is 5.10. The average molecular weight is 511 g/mol. The number of nitrogens with zero attached hydrogens (tertiary/aromatic N) is 6. The van der Waals surface area contributed by atoms with E-state index >= 15 is 0 Å². The lowest BCUT2D eigenvalue weighted by molar-refractivity contribution is 0.212. The molecule has 1 unspecified atom stereocenters. The van der Waals surface area contributed by atoms with Gasteiger partial charge in [0, 0.05) is 36.9 Å². The molecular formula is C29H27ClN6O. The topological polar surface area (TPSA) is 59.3 Å². The minimum atomic E-state index is 0.167. The van der Waals surface area contributed by atoms with Crippen molar-refractivity contribution in [1.82, 2.24) is 24.4 Å². The van der Waals surface area contributed by atoms with Crippen molar-refractivity contribution in [3.8, 4) is 11.4 Å². The van der Waals surface area contributed by atoms with E-state index in [0.29, 0.717) is 0 Å². The molecule has 1 aliphatic rings. The van der Waals surface area contributed by atoms with Crippen LogP contribution in [0.1, 0.15) is 17.2 Å². The fourth-order valence-corrected chi connectivity index (χ4v) is 5.20. The van der Waals surface area contributed by atoms with Gasteiger partial charge in [0.2, 0.25) is 0 Å². The largest absolute Gasteiger partial charge is 0.497 e. The predicted molar refractivity (Wildman–Crippen MR) is 147 cm³/mol. The van der Waals surface area contributed by atoms with Crippen LogP contribution in [0.4, 0.5) is 5.82 Å². The molecule has 1 fully saturated rings. The Bertz CT molecular complexity index is 1480. The smallest absolute Gasteiger partial charge is 0.170 e. The van der Waals surface area contributed by atoms with E-state index in [1.54, 1.807) is 13.4 Å². The Labute approximate surface area is 220 Å². The van der Waals surface area contributed by atoms with Gasteiger partial charge in [0.1, 0.15) is 18.4 Å². The van der Waals surface area contributed by atoms with Gasteiger partial charge in [-0.1, -0.05) is 54.1 Å². The number of rotatable bonds is 6. The summed E-state index contributed by atoms with van der Waals surface area (Å²) in [5, 5.41) is 0.752. The maximum Gasteiger partial charge on any atom is 0.170 e. The van der Waals surface area contributed by atoms with E-state index in [1.807, 2.05) is 47.3 Å². The quantitative estimate of drug-likeness (QED) is 0.305. The number of ether oxygens (including phenoxy) is 1. The first kappa shape index (κ1) is 23.5. The first-order valence-corrected chi connectivity index (χ1v) is 12.7. The van der Waals surface area contributed by atoms with Crippen molar-refractivity contribution in [3.63, 3.8) is 0 Å². The number of piperazine rings is 1. The van der Waals surface area contributed by atoms with Crippen molar-refractivity contribution in [2.45, 2.75) is 6.04 Å². The molecule has 3 aromatic carbocycles. The number of imidazole rings is 1. The van der Waals surface area contributed by atoms with Crippen molar-refractivity contribution in [1.29, 1.82) is 0 Å². The van der Waals surface area contributed by atoms with Crippen molar-refractivity contribution in [2.75, 3.05) is 38.2 Å². The molecule has 8 heteroatoms. The minimum Gasteiger partial charge on any atom is -0.497 e. The van der Waals surface area contributed by atoms with E-state index in [9.17, 15) is 0 Å². The monoisotopic (exact) mass is 510 g/mol. The first-order valence-electron chi connectivity index (χ1n) is 12.3. The van der Waals surface area contributed by atoms with Crippen LogP contribution in [0.3, 0.4) is 0 Å². The molecule has 3 heterocycles. The maximum absolute atomic E-state index is 6.19. The molecule has 0 radical (unpaired) electrons. The van der Waals surface area contributed by atoms with Gasteiger partial charge in [-0.05, 0) is 47.5 Å².